The average molecular weight is 263 g/mol. The fourth-order valence-corrected chi connectivity index (χ4v) is 1.83. The Labute approximate surface area is 124 Å². The van der Waals surface area contributed by atoms with Crippen LogP contribution in [-0.2, 0) is 0 Å². The van der Waals surface area contributed by atoms with E-state index in [0.717, 1.165) is 10.8 Å². The van der Waals surface area contributed by atoms with Crippen molar-refractivity contribution in [1.29, 1.82) is 0 Å². The molecular formula is C11H5Cl2NaO2. The molecule has 0 bridgehead atoms. The number of fused-ring (bicyclic) bond motifs is 1. The van der Waals surface area contributed by atoms with Crippen LogP contribution < -0.4 is 34.7 Å². The van der Waals surface area contributed by atoms with Gasteiger partial charge in [-0.1, -0.05) is 29.3 Å². The Morgan fingerprint density at radius 1 is 1.06 bits per heavy atom. The van der Waals surface area contributed by atoms with Gasteiger partial charge in [0.15, 0.2) is 0 Å². The maximum Gasteiger partial charge on any atom is 1.00 e. The van der Waals surface area contributed by atoms with Crippen LogP contribution in [0.4, 0.5) is 0 Å². The molecule has 2 aromatic carbocycles. The van der Waals surface area contributed by atoms with Gasteiger partial charge in [-0.2, -0.15) is 0 Å². The van der Waals surface area contributed by atoms with E-state index in [9.17, 15) is 9.90 Å². The first-order valence-corrected chi connectivity index (χ1v) is 4.93. The Morgan fingerprint density at radius 2 is 1.75 bits per heavy atom. The number of carboxylic acids is 1. The Balaban J connectivity index is 0.00000128. The van der Waals surface area contributed by atoms with Crippen LogP contribution in [0.1, 0.15) is 10.4 Å². The molecule has 76 valence electrons. The second kappa shape index (κ2) is 5.39. The van der Waals surface area contributed by atoms with Gasteiger partial charge in [0.1, 0.15) is 0 Å². The van der Waals surface area contributed by atoms with Crippen molar-refractivity contribution >= 4 is 39.9 Å². The van der Waals surface area contributed by atoms with Crippen molar-refractivity contribution in [3.63, 3.8) is 0 Å². The third-order valence-electron chi connectivity index (χ3n) is 2.11. The van der Waals surface area contributed by atoms with Crippen molar-refractivity contribution in [2.75, 3.05) is 0 Å². The molecule has 0 fully saturated rings. The van der Waals surface area contributed by atoms with E-state index in [1.807, 2.05) is 0 Å². The molecule has 0 radical (unpaired) electrons. The summed E-state index contributed by atoms with van der Waals surface area (Å²) in [7, 11) is 0. The van der Waals surface area contributed by atoms with Gasteiger partial charge in [0, 0.05) is 10.6 Å². The fourth-order valence-electron chi connectivity index (χ4n) is 1.40. The molecule has 2 nitrogen and oxygen atoms in total. The van der Waals surface area contributed by atoms with Crippen LogP contribution >= 0.6 is 23.2 Å². The predicted octanol–water partition coefficient (Wildman–Crippen LogP) is -0.486. The zero-order valence-corrected chi connectivity index (χ0v) is 12.0. The largest absolute Gasteiger partial charge is 1.00 e. The van der Waals surface area contributed by atoms with E-state index >= 15 is 0 Å². The molecule has 0 atom stereocenters. The van der Waals surface area contributed by atoms with E-state index in [-0.39, 0.29) is 40.1 Å². The molecule has 0 unspecified atom stereocenters. The van der Waals surface area contributed by atoms with Gasteiger partial charge < -0.3 is 9.90 Å². The smallest absolute Gasteiger partial charge is 0.545 e. The number of aromatic carboxylic acids is 1. The number of rotatable bonds is 1. The van der Waals surface area contributed by atoms with Crippen LogP contribution in [0.25, 0.3) is 10.8 Å². The maximum absolute atomic E-state index is 10.7. The number of hydrogen-bond acceptors (Lipinski definition) is 2. The van der Waals surface area contributed by atoms with E-state index < -0.39 is 5.97 Å². The summed E-state index contributed by atoms with van der Waals surface area (Å²) < 4.78 is 0. The van der Waals surface area contributed by atoms with E-state index in [1.54, 1.807) is 24.3 Å². The van der Waals surface area contributed by atoms with Gasteiger partial charge in [0.2, 0.25) is 0 Å². The molecule has 16 heavy (non-hydrogen) atoms. The second-order valence-electron chi connectivity index (χ2n) is 3.11. The van der Waals surface area contributed by atoms with Crippen molar-refractivity contribution in [3.8, 4) is 0 Å². The molecule has 5 heteroatoms. The van der Waals surface area contributed by atoms with Gasteiger partial charge in [-0.3, -0.25) is 0 Å². The fraction of sp³-hybridized carbons (Fsp3) is 0. The molecule has 0 spiro atoms. The third-order valence-corrected chi connectivity index (χ3v) is 2.66. The van der Waals surface area contributed by atoms with Gasteiger partial charge in [0.05, 0.1) is 11.0 Å². The van der Waals surface area contributed by atoms with Gasteiger partial charge >= 0.3 is 29.6 Å². The van der Waals surface area contributed by atoms with Crippen molar-refractivity contribution in [2.45, 2.75) is 0 Å². The Bertz CT molecular complexity index is 555. The zero-order chi connectivity index (χ0) is 11.0. The summed E-state index contributed by atoms with van der Waals surface area (Å²) >= 11 is 11.6. The van der Waals surface area contributed by atoms with Crippen LogP contribution in [-0.4, -0.2) is 5.97 Å². The Morgan fingerprint density at radius 3 is 2.38 bits per heavy atom. The number of carboxylic acid groups (broad SMARTS) is 1. The summed E-state index contributed by atoms with van der Waals surface area (Å²) in [5.74, 6) is -1.29. The Kier molecular flexibility index (Phi) is 4.65. The minimum absolute atomic E-state index is 0. The summed E-state index contributed by atoms with van der Waals surface area (Å²) in [4.78, 5) is 10.7. The summed E-state index contributed by atoms with van der Waals surface area (Å²) in [6, 6.07) is 8.22. The number of carbonyl (C=O) groups excluding carboxylic acids is 1. The predicted molar refractivity (Wildman–Crippen MR) is 58.3 cm³/mol. The molecule has 0 N–H and O–H groups in total. The molecule has 0 amide bonds. The van der Waals surface area contributed by atoms with Crippen LogP contribution in [0.5, 0.6) is 0 Å². The topological polar surface area (TPSA) is 40.1 Å². The first-order valence-electron chi connectivity index (χ1n) is 4.18. The molecule has 0 saturated heterocycles. The minimum Gasteiger partial charge on any atom is -0.545 e. The van der Waals surface area contributed by atoms with Crippen LogP contribution in [0.15, 0.2) is 30.3 Å². The summed E-state index contributed by atoms with van der Waals surface area (Å²) in [5, 5.41) is 13.0. The SMILES string of the molecule is O=C([O-])c1cc2cc(Cl)ccc2cc1Cl.[Na+]. The van der Waals surface area contributed by atoms with Gasteiger partial charge in [0.25, 0.3) is 0 Å². The van der Waals surface area contributed by atoms with Crippen molar-refractivity contribution in [1.82, 2.24) is 0 Å². The summed E-state index contributed by atoms with van der Waals surface area (Å²) in [6.45, 7) is 0. The van der Waals surface area contributed by atoms with Crippen LogP contribution in [0.3, 0.4) is 0 Å². The summed E-state index contributed by atoms with van der Waals surface area (Å²) in [6.07, 6.45) is 0. The van der Waals surface area contributed by atoms with Crippen LogP contribution in [0.2, 0.25) is 10.0 Å². The molecule has 0 heterocycles. The number of benzene rings is 2. The van der Waals surface area contributed by atoms with Gasteiger partial charge in [-0.15, -0.1) is 0 Å². The number of halogens is 2. The average Bonchev–Trinajstić information content (AvgIpc) is 2.17. The molecule has 2 aromatic rings. The van der Waals surface area contributed by atoms with Crippen LogP contribution in [0, 0.1) is 0 Å². The number of hydrogen-bond donors (Lipinski definition) is 0. The Hall–Kier alpha value is -0.250. The number of carbonyl (C=O) groups is 1. The van der Waals surface area contributed by atoms with E-state index in [0.29, 0.717) is 5.02 Å². The van der Waals surface area contributed by atoms with Crippen molar-refractivity contribution in [2.24, 2.45) is 0 Å². The van der Waals surface area contributed by atoms with E-state index in [4.69, 9.17) is 23.2 Å². The van der Waals surface area contributed by atoms with E-state index in [1.165, 1.54) is 6.07 Å². The van der Waals surface area contributed by atoms with Gasteiger partial charge in [-0.05, 0) is 35.0 Å². The second-order valence-corrected chi connectivity index (χ2v) is 3.95. The van der Waals surface area contributed by atoms with Crippen molar-refractivity contribution < 1.29 is 39.5 Å². The third kappa shape index (κ3) is 2.70. The molecular weight excluding hydrogens is 258 g/mol. The standard InChI is InChI=1S/C11H6Cl2O2.Na/c12-8-2-1-6-5-10(13)9(11(14)15)4-7(6)3-8;/h1-5H,(H,14,15);/q;+1/p-1. The monoisotopic (exact) mass is 262 g/mol. The molecule has 0 aliphatic carbocycles. The first kappa shape index (κ1) is 13.8. The van der Waals surface area contributed by atoms with Crippen molar-refractivity contribution in [3.05, 3.63) is 45.9 Å². The molecule has 0 saturated carbocycles. The molecule has 0 aromatic heterocycles. The molecule has 0 aliphatic rings. The minimum atomic E-state index is -1.29. The maximum atomic E-state index is 10.7. The normalized spacial score (nSPS) is 9.88. The molecule has 2 rings (SSSR count). The molecule has 0 aliphatic heterocycles. The summed E-state index contributed by atoms with van der Waals surface area (Å²) in [5.41, 5.74) is -0.0218. The van der Waals surface area contributed by atoms with Gasteiger partial charge in [-0.25, -0.2) is 0 Å². The first-order chi connectivity index (χ1) is 7.08. The zero-order valence-electron chi connectivity index (χ0n) is 8.46. The van der Waals surface area contributed by atoms with E-state index in [2.05, 4.69) is 0 Å². The quantitative estimate of drug-likeness (QED) is 0.652.